The SMILES string of the molecule is COCCNC(=O)CSc1nc(Cl)cc(N2CCN(c3ccccc3C)CC2)n1. The minimum atomic E-state index is -0.0796. The van der Waals surface area contributed by atoms with Gasteiger partial charge in [0.15, 0.2) is 5.16 Å². The number of rotatable bonds is 8. The van der Waals surface area contributed by atoms with Crippen LogP contribution in [-0.2, 0) is 9.53 Å². The van der Waals surface area contributed by atoms with Gasteiger partial charge in [0.25, 0.3) is 0 Å². The summed E-state index contributed by atoms with van der Waals surface area (Å²) < 4.78 is 4.92. The number of benzene rings is 1. The van der Waals surface area contributed by atoms with Crippen LogP contribution in [0.5, 0.6) is 0 Å². The Kier molecular flexibility index (Phi) is 7.97. The number of aryl methyl sites for hydroxylation is 1. The molecule has 2 heterocycles. The second kappa shape index (κ2) is 10.7. The zero-order chi connectivity index (χ0) is 20.6. The third-order valence-electron chi connectivity index (χ3n) is 4.68. The topological polar surface area (TPSA) is 70.6 Å². The maximum atomic E-state index is 11.9. The number of methoxy groups -OCH3 is 1. The highest BCUT2D eigenvalue weighted by atomic mass is 35.5. The molecule has 2 aromatic rings. The molecule has 1 aliphatic rings. The zero-order valence-electron chi connectivity index (χ0n) is 16.7. The van der Waals surface area contributed by atoms with E-state index in [1.165, 1.54) is 23.0 Å². The number of thioether (sulfide) groups is 1. The summed E-state index contributed by atoms with van der Waals surface area (Å²) >= 11 is 7.50. The predicted molar refractivity (Wildman–Crippen MR) is 118 cm³/mol. The first kappa shape index (κ1) is 21.7. The molecule has 1 aromatic heterocycles. The fraction of sp³-hybridized carbons (Fsp3) is 0.450. The van der Waals surface area contributed by atoms with Crippen molar-refractivity contribution in [1.29, 1.82) is 0 Å². The van der Waals surface area contributed by atoms with E-state index in [9.17, 15) is 4.79 Å². The minimum Gasteiger partial charge on any atom is -0.383 e. The number of hydrogen-bond donors (Lipinski definition) is 1. The van der Waals surface area contributed by atoms with E-state index in [1.807, 2.05) is 0 Å². The molecule has 0 bridgehead atoms. The standard InChI is InChI=1S/C20H26ClN5O2S/c1-15-5-3-4-6-16(15)25-8-10-26(11-9-25)18-13-17(21)23-20(24-18)29-14-19(27)22-7-12-28-2/h3-6,13H,7-12,14H2,1-2H3,(H,22,27). The summed E-state index contributed by atoms with van der Waals surface area (Å²) in [6.07, 6.45) is 0. The van der Waals surface area contributed by atoms with Gasteiger partial charge in [-0.25, -0.2) is 9.97 Å². The Labute approximate surface area is 180 Å². The van der Waals surface area contributed by atoms with Crippen LogP contribution in [0.2, 0.25) is 5.15 Å². The summed E-state index contributed by atoms with van der Waals surface area (Å²) in [5, 5.41) is 3.68. The summed E-state index contributed by atoms with van der Waals surface area (Å²) in [4.78, 5) is 25.3. The van der Waals surface area contributed by atoms with Gasteiger partial charge in [0.1, 0.15) is 11.0 Å². The molecule has 7 nitrogen and oxygen atoms in total. The number of nitrogens with one attached hydrogen (secondary N) is 1. The number of nitrogens with zero attached hydrogens (tertiary/aromatic N) is 4. The highest BCUT2D eigenvalue weighted by Gasteiger charge is 2.20. The van der Waals surface area contributed by atoms with Crippen LogP contribution in [0.3, 0.4) is 0 Å². The van der Waals surface area contributed by atoms with Crippen LogP contribution in [0.25, 0.3) is 0 Å². The van der Waals surface area contributed by atoms with Crippen LogP contribution < -0.4 is 15.1 Å². The molecule has 1 amide bonds. The second-order valence-corrected chi connectivity index (χ2v) is 8.05. The van der Waals surface area contributed by atoms with Crippen molar-refractivity contribution in [3.8, 4) is 0 Å². The Hall–Kier alpha value is -2.03. The summed E-state index contributed by atoms with van der Waals surface area (Å²) in [7, 11) is 1.60. The lowest BCUT2D eigenvalue weighted by Crippen LogP contribution is -2.47. The molecular weight excluding hydrogens is 410 g/mol. The van der Waals surface area contributed by atoms with E-state index in [4.69, 9.17) is 16.3 Å². The van der Waals surface area contributed by atoms with Gasteiger partial charge in [0.2, 0.25) is 5.91 Å². The van der Waals surface area contributed by atoms with Crippen LogP contribution in [0.4, 0.5) is 11.5 Å². The van der Waals surface area contributed by atoms with Gasteiger partial charge in [-0.2, -0.15) is 0 Å². The van der Waals surface area contributed by atoms with Gasteiger partial charge in [0, 0.05) is 51.6 Å². The Morgan fingerprint density at radius 1 is 1.21 bits per heavy atom. The molecule has 1 saturated heterocycles. The molecule has 9 heteroatoms. The lowest BCUT2D eigenvalue weighted by Gasteiger charge is -2.37. The number of amides is 1. The Balaban J connectivity index is 1.57. The third kappa shape index (κ3) is 6.22. The predicted octanol–water partition coefficient (Wildman–Crippen LogP) is 2.62. The number of carbonyl (C=O) groups is 1. The largest absolute Gasteiger partial charge is 0.383 e. The van der Waals surface area contributed by atoms with Crippen molar-refractivity contribution < 1.29 is 9.53 Å². The van der Waals surface area contributed by atoms with E-state index in [2.05, 4.69) is 56.3 Å². The first-order chi connectivity index (χ1) is 14.1. The Bertz CT molecular complexity index is 830. The van der Waals surface area contributed by atoms with Gasteiger partial charge in [-0.3, -0.25) is 4.79 Å². The Morgan fingerprint density at radius 3 is 2.66 bits per heavy atom. The van der Waals surface area contributed by atoms with Crippen molar-refractivity contribution in [2.45, 2.75) is 12.1 Å². The average molecular weight is 436 g/mol. The molecule has 0 radical (unpaired) electrons. The Morgan fingerprint density at radius 2 is 1.93 bits per heavy atom. The van der Waals surface area contributed by atoms with Crippen molar-refractivity contribution in [3.05, 3.63) is 41.0 Å². The molecule has 3 rings (SSSR count). The number of ether oxygens (including phenoxy) is 1. The number of halogens is 1. The van der Waals surface area contributed by atoms with Crippen molar-refractivity contribution in [3.63, 3.8) is 0 Å². The van der Waals surface area contributed by atoms with Gasteiger partial charge in [-0.15, -0.1) is 0 Å². The third-order valence-corrected chi connectivity index (χ3v) is 5.72. The molecular formula is C20H26ClN5O2S. The number of hydrogen-bond acceptors (Lipinski definition) is 7. The summed E-state index contributed by atoms with van der Waals surface area (Å²) in [5.41, 5.74) is 2.57. The van der Waals surface area contributed by atoms with E-state index in [0.717, 1.165) is 32.0 Å². The fourth-order valence-corrected chi connectivity index (χ4v) is 4.09. The normalized spacial score (nSPS) is 14.2. The van der Waals surface area contributed by atoms with E-state index >= 15 is 0 Å². The summed E-state index contributed by atoms with van der Waals surface area (Å²) in [5.74, 6) is 0.964. The van der Waals surface area contributed by atoms with Crippen LogP contribution in [-0.4, -0.2) is 68.1 Å². The van der Waals surface area contributed by atoms with Gasteiger partial charge < -0.3 is 19.9 Å². The van der Waals surface area contributed by atoms with Crippen molar-refractivity contribution in [1.82, 2.24) is 15.3 Å². The van der Waals surface area contributed by atoms with Crippen LogP contribution in [0, 0.1) is 6.92 Å². The summed E-state index contributed by atoms with van der Waals surface area (Å²) in [6.45, 7) is 6.65. The molecule has 1 N–H and O–H groups in total. The number of para-hydroxylation sites is 1. The van der Waals surface area contributed by atoms with Gasteiger partial charge in [-0.05, 0) is 18.6 Å². The molecule has 0 spiro atoms. The first-order valence-electron chi connectivity index (χ1n) is 9.55. The molecule has 0 unspecified atom stereocenters. The first-order valence-corrected chi connectivity index (χ1v) is 10.9. The summed E-state index contributed by atoms with van der Waals surface area (Å²) in [6, 6.07) is 10.2. The zero-order valence-corrected chi connectivity index (χ0v) is 18.3. The van der Waals surface area contributed by atoms with Crippen LogP contribution in [0.1, 0.15) is 5.56 Å². The second-order valence-electron chi connectivity index (χ2n) is 6.72. The van der Waals surface area contributed by atoms with Crippen molar-refractivity contribution in [2.24, 2.45) is 0 Å². The average Bonchev–Trinajstić information content (AvgIpc) is 2.73. The quantitative estimate of drug-likeness (QED) is 0.296. The number of aromatic nitrogens is 2. The minimum absolute atomic E-state index is 0.0796. The smallest absolute Gasteiger partial charge is 0.230 e. The lowest BCUT2D eigenvalue weighted by molar-refractivity contribution is -0.118. The molecule has 0 saturated carbocycles. The highest BCUT2D eigenvalue weighted by Crippen LogP contribution is 2.25. The van der Waals surface area contributed by atoms with Crippen molar-refractivity contribution >= 4 is 40.8 Å². The molecule has 156 valence electrons. The van der Waals surface area contributed by atoms with E-state index in [0.29, 0.717) is 23.5 Å². The molecule has 29 heavy (non-hydrogen) atoms. The highest BCUT2D eigenvalue weighted by molar-refractivity contribution is 7.99. The van der Waals surface area contributed by atoms with Crippen LogP contribution in [0.15, 0.2) is 35.5 Å². The van der Waals surface area contributed by atoms with Crippen LogP contribution >= 0.6 is 23.4 Å². The van der Waals surface area contributed by atoms with E-state index in [1.54, 1.807) is 13.2 Å². The van der Waals surface area contributed by atoms with Crippen molar-refractivity contribution in [2.75, 3.05) is 62.0 Å². The number of anilines is 2. The molecule has 0 aliphatic carbocycles. The maximum Gasteiger partial charge on any atom is 0.230 e. The van der Waals surface area contributed by atoms with Gasteiger partial charge in [0.05, 0.1) is 12.4 Å². The molecule has 1 aromatic carbocycles. The maximum absolute atomic E-state index is 11.9. The van der Waals surface area contributed by atoms with E-state index in [-0.39, 0.29) is 11.7 Å². The van der Waals surface area contributed by atoms with E-state index < -0.39 is 0 Å². The monoisotopic (exact) mass is 435 g/mol. The molecule has 1 fully saturated rings. The molecule has 1 aliphatic heterocycles. The van der Waals surface area contributed by atoms with Gasteiger partial charge >= 0.3 is 0 Å². The number of carbonyl (C=O) groups excluding carboxylic acids is 1. The fourth-order valence-electron chi connectivity index (χ4n) is 3.18. The lowest BCUT2D eigenvalue weighted by atomic mass is 10.1. The molecule has 0 atom stereocenters. The van der Waals surface area contributed by atoms with Gasteiger partial charge in [-0.1, -0.05) is 41.6 Å². The number of piperazine rings is 1.